The topological polar surface area (TPSA) is 60.4 Å². The highest BCUT2D eigenvalue weighted by atomic mass is 16.5. The molecule has 0 spiro atoms. The summed E-state index contributed by atoms with van der Waals surface area (Å²) in [4.78, 5) is 38.1. The first-order valence-corrected chi connectivity index (χ1v) is 8.46. The van der Waals surface area contributed by atoms with Crippen molar-refractivity contribution in [3.63, 3.8) is 0 Å². The molecular weight excluding hydrogens is 304 g/mol. The molecule has 130 valence electrons. The van der Waals surface area contributed by atoms with Crippen molar-refractivity contribution >= 4 is 17.5 Å². The molecule has 2 atom stereocenters. The van der Waals surface area contributed by atoms with Gasteiger partial charge in [0.05, 0.1) is 12.0 Å². The summed E-state index contributed by atoms with van der Waals surface area (Å²) < 4.78 is 5.00. The fourth-order valence-corrected chi connectivity index (χ4v) is 3.23. The van der Waals surface area contributed by atoms with Gasteiger partial charge in [-0.25, -0.2) is 0 Å². The lowest BCUT2D eigenvalue weighted by atomic mass is 9.62. The Morgan fingerprint density at radius 3 is 2.42 bits per heavy atom. The van der Waals surface area contributed by atoms with Gasteiger partial charge in [0.1, 0.15) is 0 Å². The van der Waals surface area contributed by atoms with Crippen LogP contribution in [0.2, 0.25) is 0 Å². The summed E-state index contributed by atoms with van der Waals surface area (Å²) in [5.41, 5.74) is 0.394. The molecule has 4 heteroatoms. The first-order valence-electron chi connectivity index (χ1n) is 8.46. The Hall–Kier alpha value is -1.97. The zero-order valence-corrected chi connectivity index (χ0v) is 15.1. The molecule has 1 aromatic carbocycles. The number of rotatable bonds is 4. The SMILES string of the molecule is CCOC(=O)C1C(=O)c2ccccc2C(C)(CCC(C)(C)C)C1=O. The molecule has 0 amide bonds. The molecule has 24 heavy (non-hydrogen) atoms. The highest BCUT2D eigenvalue weighted by Crippen LogP contribution is 2.42. The van der Waals surface area contributed by atoms with Crippen LogP contribution in [0.5, 0.6) is 0 Å². The Labute approximate surface area is 143 Å². The van der Waals surface area contributed by atoms with Gasteiger partial charge in [-0.15, -0.1) is 0 Å². The molecule has 0 radical (unpaired) electrons. The Balaban J connectivity index is 2.52. The second kappa shape index (κ2) is 6.50. The van der Waals surface area contributed by atoms with Gasteiger partial charge in [-0.1, -0.05) is 45.0 Å². The number of esters is 1. The first kappa shape index (κ1) is 18.4. The molecule has 4 nitrogen and oxygen atoms in total. The van der Waals surface area contributed by atoms with Gasteiger partial charge < -0.3 is 4.74 Å². The van der Waals surface area contributed by atoms with Crippen molar-refractivity contribution in [3.05, 3.63) is 35.4 Å². The predicted molar refractivity (Wildman–Crippen MR) is 91.9 cm³/mol. The maximum atomic E-state index is 13.1. The van der Waals surface area contributed by atoms with E-state index in [9.17, 15) is 14.4 Å². The first-order chi connectivity index (χ1) is 11.1. The van der Waals surface area contributed by atoms with Gasteiger partial charge in [-0.2, -0.15) is 0 Å². The summed E-state index contributed by atoms with van der Waals surface area (Å²) in [5.74, 6) is -2.86. The lowest BCUT2D eigenvalue weighted by Gasteiger charge is -2.38. The van der Waals surface area contributed by atoms with Crippen LogP contribution in [-0.4, -0.2) is 24.1 Å². The zero-order valence-electron chi connectivity index (χ0n) is 15.1. The van der Waals surface area contributed by atoms with E-state index in [0.29, 0.717) is 12.0 Å². The highest BCUT2D eigenvalue weighted by Gasteiger charge is 2.52. The van der Waals surface area contributed by atoms with Crippen LogP contribution >= 0.6 is 0 Å². The molecule has 0 heterocycles. The van der Waals surface area contributed by atoms with E-state index in [0.717, 1.165) is 12.0 Å². The van der Waals surface area contributed by atoms with Crippen LogP contribution < -0.4 is 0 Å². The van der Waals surface area contributed by atoms with E-state index < -0.39 is 23.1 Å². The van der Waals surface area contributed by atoms with Crippen LogP contribution in [0.15, 0.2) is 24.3 Å². The van der Waals surface area contributed by atoms with Crippen molar-refractivity contribution in [3.8, 4) is 0 Å². The third-order valence-electron chi connectivity index (χ3n) is 4.75. The second-order valence-electron chi connectivity index (χ2n) is 7.85. The minimum atomic E-state index is -1.34. The van der Waals surface area contributed by atoms with Crippen molar-refractivity contribution in [2.75, 3.05) is 6.61 Å². The average molecular weight is 330 g/mol. The highest BCUT2D eigenvalue weighted by molar-refractivity contribution is 6.28. The van der Waals surface area contributed by atoms with Gasteiger partial charge in [0.2, 0.25) is 0 Å². The van der Waals surface area contributed by atoms with E-state index in [1.807, 2.05) is 19.1 Å². The van der Waals surface area contributed by atoms with Crippen molar-refractivity contribution in [2.24, 2.45) is 11.3 Å². The monoisotopic (exact) mass is 330 g/mol. The molecule has 0 fully saturated rings. The van der Waals surface area contributed by atoms with E-state index in [1.54, 1.807) is 19.1 Å². The van der Waals surface area contributed by atoms with E-state index in [1.165, 1.54) is 0 Å². The molecule has 1 aromatic rings. The summed E-state index contributed by atoms with van der Waals surface area (Å²) in [5, 5.41) is 0. The Bertz CT molecular complexity index is 668. The van der Waals surface area contributed by atoms with Gasteiger partial charge in [-0.05, 0) is 37.7 Å². The van der Waals surface area contributed by atoms with Crippen molar-refractivity contribution in [1.29, 1.82) is 0 Å². The van der Waals surface area contributed by atoms with Crippen LogP contribution in [0, 0.1) is 11.3 Å². The summed E-state index contributed by atoms with van der Waals surface area (Å²) >= 11 is 0. The number of carbonyl (C=O) groups is 3. The quantitative estimate of drug-likeness (QED) is 0.623. The summed E-state index contributed by atoms with van der Waals surface area (Å²) in [7, 11) is 0. The summed E-state index contributed by atoms with van der Waals surface area (Å²) in [6.45, 7) is 10.0. The lowest BCUT2D eigenvalue weighted by Crippen LogP contribution is -2.50. The van der Waals surface area contributed by atoms with E-state index in [-0.39, 0.29) is 17.8 Å². The number of hydrogen-bond donors (Lipinski definition) is 0. The molecule has 0 saturated heterocycles. The van der Waals surface area contributed by atoms with E-state index in [2.05, 4.69) is 20.8 Å². The van der Waals surface area contributed by atoms with Gasteiger partial charge in [-0.3, -0.25) is 14.4 Å². The normalized spacial score (nSPS) is 23.8. The Morgan fingerprint density at radius 1 is 1.21 bits per heavy atom. The van der Waals surface area contributed by atoms with Crippen molar-refractivity contribution < 1.29 is 19.1 Å². The summed E-state index contributed by atoms with van der Waals surface area (Å²) in [6.07, 6.45) is 1.41. The Morgan fingerprint density at radius 2 is 1.83 bits per heavy atom. The van der Waals surface area contributed by atoms with Crippen LogP contribution in [0.4, 0.5) is 0 Å². The molecule has 1 aliphatic rings. The van der Waals surface area contributed by atoms with Crippen LogP contribution in [-0.2, 0) is 19.7 Å². The number of ether oxygens (including phenoxy) is 1. The fraction of sp³-hybridized carbons (Fsp3) is 0.550. The van der Waals surface area contributed by atoms with Gasteiger partial charge >= 0.3 is 5.97 Å². The number of Topliss-reactive ketones (excluding diaryl/α,β-unsaturated/α-hetero) is 2. The third kappa shape index (κ3) is 3.28. The molecular formula is C20H26O4. The van der Waals surface area contributed by atoms with E-state index >= 15 is 0 Å². The average Bonchev–Trinajstić information content (AvgIpc) is 2.51. The molecule has 0 aliphatic heterocycles. The minimum Gasteiger partial charge on any atom is -0.465 e. The maximum Gasteiger partial charge on any atom is 0.324 e. The molecule has 0 bridgehead atoms. The standard InChI is InChI=1S/C20H26O4/c1-6-24-18(23)15-16(21)13-9-7-8-10-14(13)20(5,17(15)22)12-11-19(2,3)4/h7-10,15H,6,11-12H2,1-5H3. The number of carbonyl (C=O) groups excluding carboxylic acids is 3. The second-order valence-corrected chi connectivity index (χ2v) is 7.85. The number of ketones is 2. The smallest absolute Gasteiger partial charge is 0.324 e. The predicted octanol–water partition coefficient (Wildman–Crippen LogP) is 3.72. The van der Waals surface area contributed by atoms with E-state index in [4.69, 9.17) is 4.74 Å². The third-order valence-corrected chi connectivity index (χ3v) is 4.75. The van der Waals surface area contributed by atoms with Crippen molar-refractivity contribution in [2.45, 2.75) is 52.9 Å². The molecule has 0 aromatic heterocycles. The fourth-order valence-electron chi connectivity index (χ4n) is 3.23. The van der Waals surface area contributed by atoms with Crippen LogP contribution in [0.25, 0.3) is 0 Å². The maximum absolute atomic E-state index is 13.1. The number of benzene rings is 1. The lowest BCUT2D eigenvalue weighted by molar-refractivity contribution is -0.151. The van der Waals surface area contributed by atoms with Crippen LogP contribution in [0.1, 0.15) is 63.4 Å². The van der Waals surface area contributed by atoms with Crippen LogP contribution in [0.3, 0.4) is 0 Å². The van der Waals surface area contributed by atoms with Gasteiger partial charge in [0, 0.05) is 5.56 Å². The minimum absolute atomic E-state index is 0.0547. The largest absolute Gasteiger partial charge is 0.465 e. The van der Waals surface area contributed by atoms with Gasteiger partial charge in [0.15, 0.2) is 17.5 Å². The molecule has 2 rings (SSSR count). The number of fused-ring (bicyclic) bond motifs is 1. The Kier molecular flexibility index (Phi) is 4.97. The van der Waals surface area contributed by atoms with Gasteiger partial charge in [0.25, 0.3) is 0 Å². The molecule has 0 N–H and O–H groups in total. The molecule has 1 aliphatic carbocycles. The molecule has 2 unspecified atom stereocenters. The molecule has 0 saturated carbocycles. The zero-order chi connectivity index (χ0) is 18.1. The number of hydrogen-bond acceptors (Lipinski definition) is 4. The van der Waals surface area contributed by atoms with Crippen molar-refractivity contribution in [1.82, 2.24) is 0 Å². The summed E-state index contributed by atoms with van der Waals surface area (Å²) in [6, 6.07) is 7.12.